The van der Waals surface area contributed by atoms with Gasteiger partial charge in [-0.1, -0.05) is 42.5 Å². The summed E-state index contributed by atoms with van der Waals surface area (Å²) in [4.78, 5) is 0. The average molecular weight is 239 g/mol. The molecule has 4 rings (SSSR count). The van der Waals surface area contributed by atoms with Crippen molar-refractivity contribution in [3.8, 4) is 0 Å². The molecule has 3 aliphatic carbocycles. The Kier molecular flexibility index (Phi) is 2.54. The Hall–Kier alpha value is -1.08. The molecule has 0 saturated heterocycles. The van der Waals surface area contributed by atoms with Crippen LogP contribution in [0.5, 0.6) is 0 Å². The number of hydrogen-bond donors (Lipinski definition) is 1. The second kappa shape index (κ2) is 4.24. The maximum atomic E-state index is 3.74. The van der Waals surface area contributed by atoms with Crippen LogP contribution in [-0.2, 0) is 0 Å². The van der Waals surface area contributed by atoms with Gasteiger partial charge in [-0.05, 0) is 48.5 Å². The van der Waals surface area contributed by atoms with Gasteiger partial charge >= 0.3 is 0 Å². The van der Waals surface area contributed by atoms with Gasteiger partial charge < -0.3 is 5.32 Å². The average Bonchev–Trinajstić information content (AvgIpc) is 2.81. The van der Waals surface area contributed by atoms with Gasteiger partial charge in [0.15, 0.2) is 0 Å². The van der Waals surface area contributed by atoms with Gasteiger partial charge in [0, 0.05) is 12.6 Å². The number of hydrogen-bond acceptors (Lipinski definition) is 1. The summed E-state index contributed by atoms with van der Waals surface area (Å²) in [6.45, 7) is 1.03. The van der Waals surface area contributed by atoms with Crippen molar-refractivity contribution in [2.75, 3.05) is 6.54 Å². The van der Waals surface area contributed by atoms with Crippen LogP contribution in [0.2, 0.25) is 0 Å². The second-order valence-corrected chi connectivity index (χ2v) is 6.23. The summed E-state index contributed by atoms with van der Waals surface area (Å²) in [7, 11) is 0. The molecule has 1 aromatic carbocycles. The van der Waals surface area contributed by atoms with E-state index in [0.29, 0.717) is 0 Å². The zero-order valence-corrected chi connectivity index (χ0v) is 10.8. The maximum Gasteiger partial charge on any atom is 0.0141 e. The van der Waals surface area contributed by atoms with E-state index >= 15 is 0 Å². The Morgan fingerprint density at radius 2 is 1.78 bits per heavy atom. The summed E-state index contributed by atoms with van der Waals surface area (Å²) in [5, 5.41) is 3.74. The van der Waals surface area contributed by atoms with Gasteiger partial charge in [0.1, 0.15) is 0 Å². The largest absolute Gasteiger partial charge is 0.310 e. The predicted octanol–water partition coefficient (Wildman–Crippen LogP) is 3.33. The van der Waals surface area contributed by atoms with Crippen LogP contribution in [0.25, 0.3) is 6.08 Å². The van der Waals surface area contributed by atoms with Crippen molar-refractivity contribution in [1.29, 1.82) is 0 Å². The van der Waals surface area contributed by atoms with Crippen LogP contribution < -0.4 is 5.32 Å². The summed E-state index contributed by atoms with van der Waals surface area (Å²) >= 11 is 0. The lowest BCUT2D eigenvalue weighted by atomic mass is 10.0. The van der Waals surface area contributed by atoms with Crippen molar-refractivity contribution >= 4 is 6.08 Å². The third-order valence-corrected chi connectivity index (χ3v) is 5.32. The molecule has 4 atom stereocenters. The molecule has 0 amide bonds. The Balaban J connectivity index is 1.28. The highest BCUT2D eigenvalue weighted by Gasteiger charge is 2.64. The molecule has 4 unspecified atom stereocenters. The standard InChI is InChI=1S/C17H21N/c1-2-5-12(6-3-1)7-4-10-18-17-15-13-8-9-14(11-13)16(15)17/h1-7,13-18H,8-11H2/b7-4+. The van der Waals surface area contributed by atoms with E-state index in [4.69, 9.17) is 0 Å². The topological polar surface area (TPSA) is 12.0 Å². The van der Waals surface area contributed by atoms with Crippen molar-refractivity contribution in [2.45, 2.75) is 25.3 Å². The fourth-order valence-electron chi connectivity index (χ4n) is 4.56. The minimum absolute atomic E-state index is 0.858. The van der Waals surface area contributed by atoms with Crippen LogP contribution in [0, 0.1) is 23.7 Å². The smallest absolute Gasteiger partial charge is 0.0141 e. The quantitative estimate of drug-likeness (QED) is 0.849. The zero-order valence-electron chi connectivity index (χ0n) is 10.8. The minimum atomic E-state index is 0.858. The molecule has 3 fully saturated rings. The van der Waals surface area contributed by atoms with Crippen molar-refractivity contribution in [2.24, 2.45) is 23.7 Å². The molecule has 1 nitrogen and oxygen atoms in total. The summed E-state index contributed by atoms with van der Waals surface area (Å²) < 4.78 is 0. The number of benzene rings is 1. The highest BCUT2D eigenvalue weighted by atomic mass is 15.0. The molecule has 1 aromatic rings. The van der Waals surface area contributed by atoms with Crippen LogP contribution >= 0.6 is 0 Å². The lowest BCUT2D eigenvalue weighted by molar-refractivity contribution is 0.456. The van der Waals surface area contributed by atoms with E-state index in [9.17, 15) is 0 Å². The van der Waals surface area contributed by atoms with E-state index < -0.39 is 0 Å². The van der Waals surface area contributed by atoms with Gasteiger partial charge in [0.2, 0.25) is 0 Å². The maximum absolute atomic E-state index is 3.74. The molecule has 1 heteroatoms. The minimum Gasteiger partial charge on any atom is -0.310 e. The van der Waals surface area contributed by atoms with Crippen LogP contribution in [-0.4, -0.2) is 12.6 Å². The van der Waals surface area contributed by atoms with Gasteiger partial charge in [-0.25, -0.2) is 0 Å². The second-order valence-electron chi connectivity index (χ2n) is 6.23. The fraction of sp³-hybridized carbons (Fsp3) is 0.529. The monoisotopic (exact) mass is 239 g/mol. The summed E-state index contributed by atoms with van der Waals surface area (Å²) in [5.41, 5.74) is 1.30. The number of fused-ring (bicyclic) bond motifs is 5. The van der Waals surface area contributed by atoms with Crippen molar-refractivity contribution < 1.29 is 0 Å². The third-order valence-electron chi connectivity index (χ3n) is 5.32. The van der Waals surface area contributed by atoms with Gasteiger partial charge in [-0.15, -0.1) is 0 Å². The van der Waals surface area contributed by atoms with Crippen molar-refractivity contribution in [3.05, 3.63) is 42.0 Å². The molecular weight excluding hydrogens is 218 g/mol. The Morgan fingerprint density at radius 3 is 2.50 bits per heavy atom. The highest BCUT2D eigenvalue weighted by molar-refractivity contribution is 5.48. The zero-order chi connectivity index (χ0) is 11.9. The van der Waals surface area contributed by atoms with Gasteiger partial charge in [0.25, 0.3) is 0 Å². The molecular formula is C17H21N. The molecule has 2 bridgehead atoms. The molecule has 0 aromatic heterocycles. The van der Waals surface area contributed by atoms with Gasteiger partial charge in [0.05, 0.1) is 0 Å². The Labute approximate surface area is 109 Å². The normalized spacial score (nSPS) is 40.3. The Bertz CT molecular complexity index is 434. The molecule has 0 heterocycles. The number of nitrogens with one attached hydrogen (secondary N) is 1. The van der Waals surface area contributed by atoms with Crippen LogP contribution in [0.1, 0.15) is 24.8 Å². The highest BCUT2D eigenvalue weighted by Crippen LogP contribution is 2.65. The first-order valence-electron chi connectivity index (χ1n) is 7.38. The van der Waals surface area contributed by atoms with Crippen molar-refractivity contribution in [1.82, 2.24) is 5.32 Å². The SMILES string of the molecule is C(=C\c1ccccc1)/CNC1C2C3CCC(C3)C12. The van der Waals surface area contributed by atoms with Crippen LogP contribution in [0.4, 0.5) is 0 Å². The third kappa shape index (κ3) is 1.73. The van der Waals surface area contributed by atoms with Crippen LogP contribution in [0.15, 0.2) is 36.4 Å². The van der Waals surface area contributed by atoms with E-state index in [-0.39, 0.29) is 0 Å². The lowest BCUT2D eigenvalue weighted by Crippen LogP contribution is -2.22. The molecule has 3 saturated carbocycles. The molecule has 0 aliphatic heterocycles. The van der Waals surface area contributed by atoms with E-state index in [0.717, 1.165) is 36.3 Å². The molecule has 0 radical (unpaired) electrons. The van der Waals surface area contributed by atoms with E-state index in [1.54, 1.807) is 6.42 Å². The lowest BCUT2D eigenvalue weighted by Gasteiger charge is -2.08. The Morgan fingerprint density at radius 1 is 1.06 bits per heavy atom. The molecule has 3 aliphatic rings. The first-order valence-corrected chi connectivity index (χ1v) is 7.38. The summed E-state index contributed by atoms with van der Waals surface area (Å²) in [6.07, 6.45) is 9.08. The molecule has 1 N–H and O–H groups in total. The van der Waals surface area contributed by atoms with Gasteiger partial charge in [-0.2, -0.15) is 0 Å². The fourth-order valence-corrected chi connectivity index (χ4v) is 4.56. The van der Waals surface area contributed by atoms with E-state index in [1.807, 2.05) is 0 Å². The molecule has 18 heavy (non-hydrogen) atoms. The molecule has 94 valence electrons. The van der Waals surface area contributed by atoms with E-state index in [1.165, 1.54) is 18.4 Å². The first kappa shape index (κ1) is 10.8. The van der Waals surface area contributed by atoms with Crippen molar-refractivity contribution in [3.63, 3.8) is 0 Å². The molecule has 0 spiro atoms. The summed E-state index contributed by atoms with van der Waals surface area (Å²) in [5.74, 6) is 4.26. The number of rotatable bonds is 4. The summed E-state index contributed by atoms with van der Waals surface area (Å²) in [6, 6.07) is 11.4. The van der Waals surface area contributed by atoms with Crippen LogP contribution in [0.3, 0.4) is 0 Å². The van der Waals surface area contributed by atoms with Gasteiger partial charge in [-0.3, -0.25) is 0 Å². The first-order chi connectivity index (χ1) is 8.93. The van der Waals surface area contributed by atoms with E-state index in [2.05, 4.69) is 47.8 Å². The predicted molar refractivity (Wildman–Crippen MR) is 75.1 cm³/mol.